The number of rotatable bonds is 21. The van der Waals surface area contributed by atoms with Gasteiger partial charge in [0, 0.05) is 52.7 Å². The van der Waals surface area contributed by atoms with E-state index in [0.29, 0.717) is 42.4 Å². The maximum atomic E-state index is 12.1. The van der Waals surface area contributed by atoms with Crippen LogP contribution in [0.15, 0.2) is 0 Å². The van der Waals surface area contributed by atoms with Gasteiger partial charge in [-0.3, -0.25) is 19.2 Å². The highest BCUT2D eigenvalue weighted by Crippen LogP contribution is 2.36. The van der Waals surface area contributed by atoms with E-state index in [4.69, 9.17) is 33.0 Å². The van der Waals surface area contributed by atoms with Crippen molar-refractivity contribution in [2.45, 2.75) is 108 Å². The Kier molecular flexibility index (Phi) is 20.5. The Morgan fingerprint density at radius 3 is 2.44 bits per heavy atom. The lowest BCUT2D eigenvalue weighted by Gasteiger charge is -2.42. The number of unbranched alkanes of at least 4 members (excludes halogenated alkanes) is 3. The highest BCUT2D eigenvalue weighted by Gasteiger charge is 2.45. The molecule has 6 atom stereocenters. The number of ether oxygens (including phenoxy) is 3. The number of hydrogen-bond acceptors (Lipinski definition) is 12. The molecule has 2 amide bonds. The first-order chi connectivity index (χ1) is 20.5. The van der Waals surface area contributed by atoms with E-state index in [1.807, 2.05) is 6.92 Å². The maximum Gasteiger partial charge on any atom is 0.281 e. The summed E-state index contributed by atoms with van der Waals surface area (Å²) in [6.45, 7) is 13.2. The molecule has 1 unspecified atom stereocenters. The number of Topliss-reactive ketones (excluding diaryl/α,β-unsaturated/α-hetero) is 1. The lowest BCUT2D eigenvalue weighted by Crippen LogP contribution is -2.64. The van der Waals surface area contributed by atoms with Crippen molar-refractivity contribution in [3.05, 3.63) is 11.4 Å². The van der Waals surface area contributed by atoms with E-state index < -0.39 is 48.0 Å². The summed E-state index contributed by atoms with van der Waals surface area (Å²) < 4.78 is 17.4. The van der Waals surface area contributed by atoms with Gasteiger partial charge >= 0.3 is 0 Å². The van der Waals surface area contributed by atoms with Gasteiger partial charge in [-0.15, -0.1) is 11.8 Å². The summed E-state index contributed by atoms with van der Waals surface area (Å²) in [6, 6.07) is -0.961. The molecule has 246 valence electrons. The molecule has 1 saturated heterocycles. The number of thioether (sulfide) groups is 2. The van der Waals surface area contributed by atoms with Crippen molar-refractivity contribution >= 4 is 56.9 Å². The molecule has 1 aliphatic rings. The second-order valence-electron chi connectivity index (χ2n) is 10.3. The van der Waals surface area contributed by atoms with E-state index in [-0.39, 0.29) is 31.3 Å². The standard InChI is InChI=1S/C28H47N3O9S3/c1-5-42-27(41)43-28(3,29-4)13-11-22(35)30-14-17-38-16-12-20(34)10-8-6-7-9-15-39-26-23(31-19(2)33)25(37)24(36)21(18-32)40-26/h21,23-26,32,36-37H,5-18H2,1-3H3,(H,30,35)(H,31,33)/t21-,23-,24+,25-,26-,28?/m1/s1. The number of amides is 2. The molecule has 1 aliphatic heterocycles. The van der Waals surface area contributed by atoms with Crippen molar-refractivity contribution in [1.82, 2.24) is 10.6 Å². The molecule has 1 heterocycles. The van der Waals surface area contributed by atoms with Crippen molar-refractivity contribution < 1.29 is 43.9 Å². The number of aliphatic hydroxyl groups excluding tert-OH is 3. The molecule has 15 heteroatoms. The fourth-order valence-corrected chi connectivity index (χ4v) is 7.02. The molecule has 0 aliphatic carbocycles. The van der Waals surface area contributed by atoms with E-state index in [1.54, 1.807) is 6.92 Å². The van der Waals surface area contributed by atoms with Crippen LogP contribution in [-0.4, -0.2) is 111 Å². The van der Waals surface area contributed by atoms with E-state index >= 15 is 0 Å². The summed E-state index contributed by atoms with van der Waals surface area (Å²) in [6.07, 6.45) is -0.348. The number of ketones is 1. The number of carbonyl (C=O) groups excluding carboxylic acids is 3. The third-order valence-corrected chi connectivity index (χ3v) is 9.23. The smallest absolute Gasteiger partial charge is 0.281 e. The number of thiocarbonyl (C=S) groups is 1. The van der Waals surface area contributed by atoms with Crippen molar-refractivity contribution in [2.75, 3.05) is 38.7 Å². The Morgan fingerprint density at radius 1 is 1.07 bits per heavy atom. The van der Waals surface area contributed by atoms with Crippen LogP contribution in [0.3, 0.4) is 0 Å². The molecule has 12 nitrogen and oxygen atoms in total. The maximum absolute atomic E-state index is 12.1. The predicted octanol–water partition coefficient (Wildman–Crippen LogP) is 2.18. The monoisotopic (exact) mass is 665 g/mol. The first-order valence-corrected chi connectivity index (χ1v) is 16.8. The van der Waals surface area contributed by atoms with Gasteiger partial charge in [-0.25, -0.2) is 6.57 Å². The summed E-state index contributed by atoms with van der Waals surface area (Å²) in [7, 11) is 0. The van der Waals surface area contributed by atoms with Gasteiger partial charge in [0.1, 0.15) is 33.7 Å². The van der Waals surface area contributed by atoms with Gasteiger partial charge in [-0.1, -0.05) is 32.0 Å². The van der Waals surface area contributed by atoms with E-state index in [2.05, 4.69) is 15.5 Å². The number of nitrogens with zero attached hydrogens (tertiary/aromatic N) is 1. The van der Waals surface area contributed by atoms with Crippen LogP contribution >= 0.6 is 35.7 Å². The molecule has 0 aromatic carbocycles. The number of hydrogen-bond donors (Lipinski definition) is 5. The van der Waals surface area contributed by atoms with Crippen LogP contribution in [0.5, 0.6) is 0 Å². The van der Waals surface area contributed by atoms with Crippen LogP contribution in [-0.2, 0) is 28.6 Å². The zero-order valence-corrected chi connectivity index (χ0v) is 27.7. The van der Waals surface area contributed by atoms with Gasteiger partial charge in [0.05, 0.1) is 19.8 Å². The third-order valence-electron chi connectivity index (χ3n) is 6.59. The Morgan fingerprint density at radius 2 is 1.79 bits per heavy atom. The lowest BCUT2D eigenvalue weighted by atomic mass is 9.97. The van der Waals surface area contributed by atoms with E-state index in [1.165, 1.54) is 30.4 Å². The van der Waals surface area contributed by atoms with Crippen molar-refractivity contribution in [2.24, 2.45) is 0 Å². The molecular formula is C28H47N3O9S3. The third kappa shape index (κ3) is 16.5. The van der Waals surface area contributed by atoms with Crippen LogP contribution in [0.25, 0.3) is 4.85 Å². The molecule has 1 fully saturated rings. The van der Waals surface area contributed by atoms with Crippen LogP contribution in [0.1, 0.15) is 72.1 Å². The highest BCUT2D eigenvalue weighted by atomic mass is 32.2. The quantitative estimate of drug-likeness (QED) is 0.0690. The fraction of sp³-hybridized carbons (Fsp3) is 0.821. The Labute approximate surface area is 268 Å². The molecule has 0 bridgehead atoms. The van der Waals surface area contributed by atoms with Gasteiger partial charge < -0.3 is 40.2 Å². The van der Waals surface area contributed by atoms with Crippen LogP contribution in [0, 0.1) is 6.57 Å². The lowest BCUT2D eigenvalue weighted by molar-refractivity contribution is -0.270. The van der Waals surface area contributed by atoms with Crippen molar-refractivity contribution in [3.8, 4) is 0 Å². The largest absolute Gasteiger partial charge is 0.394 e. The molecular weight excluding hydrogens is 619 g/mol. The average molecular weight is 666 g/mol. The summed E-state index contributed by atoms with van der Waals surface area (Å²) in [5, 5.41) is 35.0. The van der Waals surface area contributed by atoms with Gasteiger partial charge in [-0.05, 0) is 30.4 Å². The zero-order valence-electron chi connectivity index (χ0n) is 25.2. The molecule has 5 N–H and O–H groups in total. The SMILES string of the molecule is [C-]#[N+]C(C)(CCC(=O)NCCOCCC(=O)CCCCCCO[C@@H]1O[C@H](CO)[C@H](O)[C@H](O)[C@H]1NC(C)=O)SC(=S)SCC. The van der Waals surface area contributed by atoms with Gasteiger partial charge in [0.25, 0.3) is 4.87 Å². The molecule has 0 aromatic heterocycles. The fourth-order valence-electron chi connectivity index (χ4n) is 4.16. The molecule has 1 rings (SSSR count). The summed E-state index contributed by atoms with van der Waals surface area (Å²) >= 11 is 8.12. The Balaban J connectivity index is 2.11. The number of nitrogens with one attached hydrogen (secondary N) is 2. The molecule has 0 saturated carbocycles. The first kappa shape index (κ1) is 39.7. The summed E-state index contributed by atoms with van der Waals surface area (Å²) in [5.74, 6) is 0.386. The first-order valence-electron chi connectivity index (χ1n) is 14.6. The van der Waals surface area contributed by atoms with E-state index in [9.17, 15) is 29.7 Å². The minimum absolute atomic E-state index is 0.103. The van der Waals surface area contributed by atoms with Gasteiger partial charge in [0.2, 0.25) is 11.8 Å². The minimum Gasteiger partial charge on any atom is -0.394 e. The Bertz CT molecular complexity index is 924. The second kappa shape index (κ2) is 22.2. The summed E-state index contributed by atoms with van der Waals surface area (Å²) in [5.41, 5.74) is 0. The average Bonchev–Trinajstić information content (AvgIpc) is 2.96. The normalized spacial score (nSPS) is 23.1. The predicted molar refractivity (Wildman–Crippen MR) is 170 cm³/mol. The van der Waals surface area contributed by atoms with Crippen LogP contribution < -0.4 is 10.6 Å². The van der Waals surface area contributed by atoms with Crippen LogP contribution in [0.4, 0.5) is 0 Å². The number of aliphatic hydroxyl groups is 3. The molecule has 0 radical (unpaired) electrons. The topological polar surface area (TPSA) is 168 Å². The molecule has 43 heavy (non-hydrogen) atoms. The molecule has 0 aromatic rings. The number of carbonyl (C=O) groups is 3. The van der Waals surface area contributed by atoms with Crippen LogP contribution in [0.2, 0.25) is 0 Å². The molecule has 0 spiro atoms. The van der Waals surface area contributed by atoms with E-state index in [0.717, 1.165) is 25.0 Å². The van der Waals surface area contributed by atoms with Crippen molar-refractivity contribution in [1.29, 1.82) is 0 Å². The second-order valence-corrected chi connectivity index (χ2v) is 14.2. The van der Waals surface area contributed by atoms with Gasteiger partial charge in [0.15, 0.2) is 6.29 Å². The zero-order chi connectivity index (χ0) is 32.3. The Hall–Kier alpha value is -1.35. The minimum atomic E-state index is -1.35. The van der Waals surface area contributed by atoms with Gasteiger partial charge in [-0.2, -0.15) is 0 Å². The summed E-state index contributed by atoms with van der Waals surface area (Å²) in [4.78, 5) is 38.6. The highest BCUT2D eigenvalue weighted by molar-refractivity contribution is 8.47. The van der Waals surface area contributed by atoms with Crippen molar-refractivity contribution in [3.63, 3.8) is 0 Å².